The van der Waals surface area contributed by atoms with Crippen molar-refractivity contribution in [3.8, 4) is 0 Å². The van der Waals surface area contributed by atoms with Crippen LogP contribution in [0.15, 0.2) is 47.4 Å². The predicted octanol–water partition coefficient (Wildman–Crippen LogP) is 5.51. The van der Waals surface area contributed by atoms with Gasteiger partial charge in [-0.15, -0.1) is 23.4 Å². The molecule has 0 N–H and O–H groups in total. The summed E-state index contributed by atoms with van der Waals surface area (Å²) in [6, 6.07) is 12.4. The highest BCUT2D eigenvalue weighted by atomic mass is 35.5. The molecule has 94 valence electrons. The molecule has 0 aliphatic heterocycles. The van der Waals surface area contributed by atoms with E-state index in [0.29, 0.717) is 16.7 Å². The van der Waals surface area contributed by atoms with Gasteiger partial charge in [-0.3, -0.25) is 0 Å². The molecular formula is C14H11Cl2FS. The van der Waals surface area contributed by atoms with Crippen molar-refractivity contribution in [3.05, 3.63) is 64.4 Å². The van der Waals surface area contributed by atoms with Gasteiger partial charge in [0.15, 0.2) is 0 Å². The summed E-state index contributed by atoms with van der Waals surface area (Å²) in [5.41, 5.74) is 1.90. The molecule has 0 bridgehead atoms. The fraction of sp³-hybridized carbons (Fsp3) is 0.143. The first-order valence-electron chi connectivity index (χ1n) is 5.40. The van der Waals surface area contributed by atoms with Gasteiger partial charge in [0.05, 0.1) is 0 Å². The molecule has 0 radical (unpaired) electrons. The van der Waals surface area contributed by atoms with Gasteiger partial charge >= 0.3 is 0 Å². The van der Waals surface area contributed by atoms with Gasteiger partial charge in [0.25, 0.3) is 0 Å². The fourth-order valence-corrected chi connectivity index (χ4v) is 2.82. The number of rotatable bonds is 4. The average molecular weight is 301 g/mol. The van der Waals surface area contributed by atoms with Crippen LogP contribution in [0.2, 0.25) is 5.02 Å². The average Bonchev–Trinajstić information content (AvgIpc) is 2.40. The Labute approximate surface area is 120 Å². The highest BCUT2D eigenvalue weighted by molar-refractivity contribution is 7.98. The summed E-state index contributed by atoms with van der Waals surface area (Å²) >= 11 is 13.4. The van der Waals surface area contributed by atoms with Gasteiger partial charge in [-0.05, 0) is 41.5 Å². The summed E-state index contributed by atoms with van der Waals surface area (Å²) in [5.74, 6) is 0.907. The summed E-state index contributed by atoms with van der Waals surface area (Å²) in [4.78, 5) is 1.11. The normalized spacial score (nSPS) is 10.6. The second kappa shape index (κ2) is 6.46. The van der Waals surface area contributed by atoms with Crippen molar-refractivity contribution >= 4 is 35.0 Å². The van der Waals surface area contributed by atoms with Gasteiger partial charge < -0.3 is 0 Å². The van der Waals surface area contributed by atoms with Crippen LogP contribution < -0.4 is 0 Å². The minimum atomic E-state index is -0.257. The summed E-state index contributed by atoms with van der Waals surface area (Å²) in [6.45, 7) is 0. The Morgan fingerprint density at radius 1 is 1.06 bits per heavy atom. The Hall–Kier alpha value is -0.700. The predicted molar refractivity (Wildman–Crippen MR) is 77.0 cm³/mol. The van der Waals surface area contributed by atoms with E-state index in [9.17, 15) is 4.39 Å². The van der Waals surface area contributed by atoms with E-state index in [4.69, 9.17) is 23.2 Å². The van der Waals surface area contributed by atoms with E-state index in [1.54, 1.807) is 17.8 Å². The fourth-order valence-electron chi connectivity index (χ4n) is 1.49. The van der Waals surface area contributed by atoms with Gasteiger partial charge in [0.1, 0.15) is 5.82 Å². The minimum absolute atomic E-state index is 0.257. The Balaban J connectivity index is 2.04. The number of halogens is 3. The van der Waals surface area contributed by atoms with E-state index in [0.717, 1.165) is 16.0 Å². The maximum atomic E-state index is 13.1. The Morgan fingerprint density at radius 3 is 2.44 bits per heavy atom. The Morgan fingerprint density at radius 2 is 1.78 bits per heavy atom. The minimum Gasteiger partial charge on any atom is -0.207 e. The van der Waals surface area contributed by atoms with E-state index in [1.807, 2.05) is 24.3 Å². The first kappa shape index (κ1) is 13.7. The molecule has 0 unspecified atom stereocenters. The molecule has 0 fully saturated rings. The third-order valence-electron chi connectivity index (χ3n) is 2.48. The van der Waals surface area contributed by atoms with E-state index in [1.165, 1.54) is 12.1 Å². The Kier molecular flexibility index (Phi) is 4.93. The maximum absolute atomic E-state index is 13.1. The standard InChI is InChI=1S/C14H11Cl2FS/c15-8-10-1-4-13(5-2-10)18-9-11-7-12(17)3-6-14(11)16/h1-7H,8-9H2. The van der Waals surface area contributed by atoms with Crippen molar-refractivity contribution in [1.82, 2.24) is 0 Å². The molecule has 0 spiro atoms. The molecule has 0 amide bonds. The van der Waals surface area contributed by atoms with Crippen LogP contribution in [0.1, 0.15) is 11.1 Å². The molecule has 0 aliphatic carbocycles. The maximum Gasteiger partial charge on any atom is 0.123 e. The zero-order valence-electron chi connectivity index (χ0n) is 9.50. The first-order chi connectivity index (χ1) is 8.69. The molecule has 0 heterocycles. The molecule has 0 saturated heterocycles. The van der Waals surface area contributed by atoms with Gasteiger partial charge in [-0.2, -0.15) is 0 Å². The number of thioether (sulfide) groups is 1. The zero-order valence-corrected chi connectivity index (χ0v) is 11.8. The van der Waals surface area contributed by atoms with Crippen LogP contribution in [0, 0.1) is 5.82 Å². The second-order valence-electron chi connectivity index (χ2n) is 3.80. The quantitative estimate of drug-likeness (QED) is 0.530. The smallest absolute Gasteiger partial charge is 0.123 e. The van der Waals surface area contributed by atoms with Crippen molar-refractivity contribution < 1.29 is 4.39 Å². The van der Waals surface area contributed by atoms with E-state index in [-0.39, 0.29) is 5.82 Å². The molecule has 18 heavy (non-hydrogen) atoms. The third kappa shape index (κ3) is 3.64. The van der Waals surface area contributed by atoms with Crippen molar-refractivity contribution in [2.75, 3.05) is 0 Å². The molecule has 0 atom stereocenters. The van der Waals surface area contributed by atoms with Crippen LogP contribution >= 0.6 is 35.0 Å². The lowest BCUT2D eigenvalue weighted by Crippen LogP contribution is -1.85. The molecule has 0 aromatic heterocycles. The number of alkyl halides is 1. The third-order valence-corrected chi connectivity index (χ3v) is 4.22. The van der Waals surface area contributed by atoms with Crippen molar-refractivity contribution in [2.24, 2.45) is 0 Å². The van der Waals surface area contributed by atoms with Crippen LogP contribution in [0.3, 0.4) is 0 Å². The zero-order chi connectivity index (χ0) is 13.0. The van der Waals surface area contributed by atoms with E-state index < -0.39 is 0 Å². The highest BCUT2D eigenvalue weighted by Crippen LogP contribution is 2.27. The lowest BCUT2D eigenvalue weighted by molar-refractivity contribution is 0.626. The van der Waals surface area contributed by atoms with Crippen LogP contribution in [-0.2, 0) is 11.6 Å². The first-order valence-corrected chi connectivity index (χ1v) is 7.30. The molecule has 0 nitrogen and oxygen atoms in total. The van der Waals surface area contributed by atoms with Crippen molar-refractivity contribution in [2.45, 2.75) is 16.5 Å². The van der Waals surface area contributed by atoms with Crippen LogP contribution in [-0.4, -0.2) is 0 Å². The molecule has 2 aromatic rings. The summed E-state index contributed by atoms with van der Waals surface area (Å²) in [7, 11) is 0. The number of hydrogen-bond acceptors (Lipinski definition) is 1. The largest absolute Gasteiger partial charge is 0.207 e. The molecule has 0 aliphatic rings. The van der Waals surface area contributed by atoms with Gasteiger partial charge in [0, 0.05) is 21.6 Å². The molecule has 2 aromatic carbocycles. The number of hydrogen-bond donors (Lipinski definition) is 0. The van der Waals surface area contributed by atoms with Crippen molar-refractivity contribution in [3.63, 3.8) is 0 Å². The molecule has 4 heteroatoms. The SMILES string of the molecule is Fc1ccc(Cl)c(CSc2ccc(CCl)cc2)c1. The lowest BCUT2D eigenvalue weighted by Gasteiger charge is -2.05. The van der Waals surface area contributed by atoms with Crippen LogP contribution in [0.25, 0.3) is 0 Å². The van der Waals surface area contributed by atoms with Crippen LogP contribution in [0.4, 0.5) is 4.39 Å². The molecular weight excluding hydrogens is 290 g/mol. The highest BCUT2D eigenvalue weighted by Gasteiger charge is 2.03. The topological polar surface area (TPSA) is 0 Å². The van der Waals surface area contributed by atoms with Gasteiger partial charge in [0.2, 0.25) is 0 Å². The summed E-state index contributed by atoms with van der Waals surface area (Å²) < 4.78 is 13.1. The Bertz CT molecular complexity index is 526. The van der Waals surface area contributed by atoms with E-state index in [2.05, 4.69) is 0 Å². The van der Waals surface area contributed by atoms with Gasteiger partial charge in [-0.25, -0.2) is 4.39 Å². The summed E-state index contributed by atoms with van der Waals surface area (Å²) in [6.07, 6.45) is 0. The molecule has 0 saturated carbocycles. The number of benzene rings is 2. The summed E-state index contributed by atoms with van der Waals surface area (Å²) in [5, 5.41) is 0.598. The second-order valence-corrected chi connectivity index (χ2v) is 5.53. The molecule has 2 rings (SSSR count). The van der Waals surface area contributed by atoms with E-state index >= 15 is 0 Å². The monoisotopic (exact) mass is 300 g/mol. The van der Waals surface area contributed by atoms with Crippen molar-refractivity contribution in [1.29, 1.82) is 0 Å². The van der Waals surface area contributed by atoms with Gasteiger partial charge in [-0.1, -0.05) is 23.7 Å². The van der Waals surface area contributed by atoms with Crippen LogP contribution in [0.5, 0.6) is 0 Å². The lowest BCUT2D eigenvalue weighted by atomic mass is 10.2.